The molecule has 3 aliphatic carbocycles. The first-order valence-corrected chi connectivity index (χ1v) is 10.1. The number of aldehydes is 1. The van der Waals surface area contributed by atoms with Gasteiger partial charge in [-0.2, -0.15) is 0 Å². The molecule has 2 N–H and O–H groups in total. The van der Waals surface area contributed by atoms with Gasteiger partial charge in [-0.3, -0.25) is 4.79 Å². The predicted octanol–water partition coefficient (Wildman–Crippen LogP) is 2.99. The molecular weight excluding hydrogens is 316 g/mol. The van der Waals surface area contributed by atoms with Crippen molar-refractivity contribution >= 4 is 12.1 Å². The van der Waals surface area contributed by atoms with Crippen molar-refractivity contribution < 1.29 is 19.8 Å². The molecule has 0 radical (unpaired) electrons. The first-order valence-electron chi connectivity index (χ1n) is 10.1. The normalized spacial score (nSPS) is 49.3. The van der Waals surface area contributed by atoms with Crippen LogP contribution in [0, 0.1) is 40.4 Å². The maximum atomic E-state index is 12.3. The summed E-state index contributed by atoms with van der Waals surface area (Å²) in [5, 5.41) is 20.5. The average Bonchev–Trinajstić information content (AvgIpc) is 2.93. The van der Waals surface area contributed by atoms with Crippen LogP contribution < -0.4 is 0 Å². The third-order valence-corrected chi connectivity index (χ3v) is 8.68. The van der Waals surface area contributed by atoms with Gasteiger partial charge in [0.05, 0.1) is 6.10 Å². The molecule has 0 bridgehead atoms. The zero-order chi connectivity index (χ0) is 18.4. The number of rotatable bonds is 5. The van der Waals surface area contributed by atoms with E-state index in [9.17, 15) is 19.8 Å². The number of aliphatic hydroxyl groups excluding tert-OH is 2. The number of fused-ring (bicyclic) bond motifs is 3. The molecule has 0 amide bonds. The maximum absolute atomic E-state index is 12.3. The highest BCUT2D eigenvalue weighted by Gasteiger charge is 2.62. The predicted molar refractivity (Wildman–Crippen MR) is 95.8 cm³/mol. The molecule has 0 aromatic rings. The van der Waals surface area contributed by atoms with Gasteiger partial charge in [-0.15, -0.1) is 0 Å². The third kappa shape index (κ3) is 2.71. The van der Waals surface area contributed by atoms with Crippen molar-refractivity contribution in [2.24, 2.45) is 40.4 Å². The third-order valence-electron chi connectivity index (χ3n) is 8.68. The standard InChI is InChI=1S/C21H34O4/c1-4-20(2)13(9-10-22)5-6-14-15-7-8-16(18(25)12-23)21(15,3)11-17(24)19(14)20/h10,13-17,19,23-24H,4-9,11-12H2,1-3H3. The number of Topliss-reactive ketones (excluding diaryl/α,β-unsaturated/α-hetero) is 1. The lowest BCUT2D eigenvalue weighted by Gasteiger charge is -2.60. The minimum absolute atomic E-state index is 0.0103. The highest BCUT2D eigenvalue weighted by molar-refractivity contribution is 5.83. The van der Waals surface area contributed by atoms with E-state index in [-0.39, 0.29) is 35.1 Å². The van der Waals surface area contributed by atoms with Crippen LogP contribution in [-0.4, -0.2) is 35.0 Å². The van der Waals surface area contributed by atoms with Crippen molar-refractivity contribution in [1.82, 2.24) is 0 Å². The number of ketones is 1. The van der Waals surface area contributed by atoms with Crippen LogP contribution in [0.2, 0.25) is 0 Å². The summed E-state index contributed by atoms with van der Waals surface area (Å²) in [7, 11) is 0. The highest BCUT2D eigenvalue weighted by atomic mass is 16.3. The second kappa shape index (κ2) is 6.77. The Morgan fingerprint density at radius 2 is 1.92 bits per heavy atom. The summed E-state index contributed by atoms with van der Waals surface area (Å²) in [5.41, 5.74) is -0.198. The number of hydrogen-bond donors (Lipinski definition) is 2. The number of carbonyl (C=O) groups excluding carboxylic acids is 2. The van der Waals surface area contributed by atoms with Gasteiger partial charge in [-0.25, -0.2) is 0 Å². The molecule has 0 spiro atoms. The molecule has 0 aliphatic heterocycles. The van der Waals surface area contributed by atoms with Crippen molar-refractivity contribution in [3.63, 3.8) is 0 Å². The van der Waals surface area contributed by atoms with Gasteiger partial charge in [0.15, 0.2) is 5.78 Å². The van der Waals surface area contributed by atoms with Crippen LogP contribution in [0.5, 0.6) is 0 Å². The van der Waals surface area contributed by atoms with Gasteiger partial charge in [0, 0.05) is 12.3 Å². The SMILES string of the molecule is CCC1(C)C(CC=O)CCC2C3CCC(C(=O)CO)C3(C)CC(O)C21. The molecule has 0 aromatic heterocycles. The van der Waals surface area contributed by atoms with Crippen LogP contribution in [0.3, 0.4) is 0 Å². The Kier molecular flexibility index (Phi) is 5.15. The van der Waals surface area contributed by atoms with Crippen molar-refractivity contribution in [2.45, 2.75) is 71.8 Å². The molecule has 0 saturated heterocycles. The Bertz CT molecular complexity index is 532. The van der Waals surface area contributed by atoms with Gasteiger partial charge in [-0.1, -0.05) is 27.2 Å². The molecule has 3 fully saturated rings. The van der Waals surface area contributed by atoms with Crippen molar-refractivity contribution in [1.29, 1.82) is 0 Å². The number of aliphatic hydroxyl groups is 2. The second-order valence-electron chi connectivity index (χ2n) is 9.36. The summed E-state index contributed by atoms with van der Waals surface area (Å²) in [4.78, 5) is 23.5. The lowest BCUT2D eigenvalue weighted by Crippen LogP contribution is -2.58. The Hall–Kier alpha value is -0.740. The van der Waals surface area contributed by atoms with Crippen LogP contribution in [0.15, 0.2) is 0 Å². The van der Waals surface area contributed by atoms with Gasteiger partial charge < -0.3 is 15.0 Å². The van der Waals surface area contributed by atoms with Crippen molar-refractivity contribution in [3.8, 4) is 0 Å². The van der Waals surface area contributed by atoms with E-state index in [0.29, 0.717) is 30.6 Å². The van der Waals surface area contributed by atoms with Gasteiger partial charge in [0.25, 0.3) is 0 Å². The minimum Gasteiger partial charge on any atom is -0.393 e. The summed E-state index contributed by atoms with van der Waals surface area (Å²) in [6, 6.07) is 0. The molecule has 8 unspecified atom stereocenters. The molecule has 3 saturated carbocycles. The lowest BCUT2D eigenvalue weighted by atomic mass is 9.45. The van der Waals surface area contributed by atoms with Crippen LogP contribution in [0.4, 0.5) is 0 Å². The van der Waals surface area contributed by atoms with E-state index in [0.717, 1.165) is 38.4 Å². The number of carbonyl (C=O) groups is 2. The molecule has 4 heteroatoms. The average molecular weight is 350 g/mol. The molecule has 8 atom stereocenters. The Morgan fingerprint density at radius 1 is 1.20 bits per heavy atom. The Morgan fingerprint density at radius 3 is 2.52 bits per heavy atom. The van der Waals surface area contributed by atoms with Gasteiger partial charge >= 0.3 is 0 Å². The molecule has 3 rings (SSSR count). The monoisotopic (exact) mass is 350 g/mol. The summed E-state index contributed by atoms with van der Waals surface area (Å²) < 4.78 is 0. The minimum atomic E-state index is -0.419. The molecule has 4 nitrogen and oxygen atoms in total. The highest BCUT2D eigenvalue weighted by Crippen LogP contribution is 2.66. The summed E-state index contributed by atoms with van der Waals surface area (Å²) in [6.07, 6.45) is 6.81. The van der Waals surface area contributed by atoms with Gasteiger partial charge in [0.1, 0.15) is 12.9 Å². The smallest absolute Gasteiger partial charge is 0.161 e. The fourth-order valence-corrected chi connectivity index (χ4v) is 7.35. The van der Waals surface area contributed by atoms with E-state index >= 15 is 0 Å². The topological polar surface area (TPSA) is 74.6 Å². The van der Waals surface area contributed by atoms with E-state index < -0.39 is 6.10 Å². The molecular formula is C21H34O4. The van der Waals surface area contributed by atoms with Gasteiger partial charge in [0.2, 0.25) is 0 Å². The number of hydrogen-bond acceptors (Lipinski definition) is 4. The van der Waals surface area contributed by atoms with Crippen LogP contribution in [-0.2, 0) is 9.59 Å². The summed E-state index contributed by atoms with van der Waals surface area (Å²) >= 11 is 0. The van der Waals surface area contributed by atoms with E-state index in [1.54, 1.807) is 0 Å². The molecule has 0 heterocycles. The zero-order valence-electron chi connectivity index (χ0n) is 15.9. The van der Waals surface area contributed by atoms with E-state index in [4.69, 9.17) is 0 Å². The second-order valence-corrected chi connectivity index (χ2v) is 9.36. The maximum Gasteiger partial charge on any atom is 0.161 e. The van der Waals surface area contributed by atoms with Crippen LogP contribution >= 0.6 is 0 Å². The van der Waals surface area contributed by atoms with Crippen molar-refractivity contribution in [2.75, 3.05) is 6.61 Å². The largest absolute Gasteiger partial charge is 0.393 e. The zero-order valence-corrected chi connectivity index (χ0v) is 15.9. The Balaban J connectivity index is 1.94. The molecule has 0 aromatic carbocycles. The quantitative estimate of drug-likeness (QED) is 0.748. The summed E-state index contributed by atoms with van der Waals surface area (Å²) in [6.45, 7) is 6.25. The van der Waals surface area contributed by atoms with Crippen molar-refractivity contribution in [3.05, 3.63) is 0 Å². The van der Waals surface area contributed by atoms with Crippen LogP contribution in [0.1, 0.15) is 65.7 Å². The molecule has 25 heavy (non-hydrogen) atoms. The lowest BCUT2D eigenvalue weighted by molar-refractivity contribution is -0.166. The van der Waals surface area contributed by atoms with Gasteiger partial charge in [-0.05, 0) is 66.6 Å². The fraction of sp³-hybridized carbons (Fsp3) is 0.905. The first-order chi connectivity index (χ1) is 11.8. The summed E-state index contributed by atoms with van der Waals surface area (Å²) in [5.74, 6) is 1.29. The van der Waals surface area contributed by atoms with E-state index in [2.05, 4.69) is 20.8 Å². The first kappa shape index (κ1) is 19.0. The fourth-order valence-electron chi connectivity index (χ4n) is 7.35. The Labute approximate surface area is 151 Å². The molecule has 142 valence electrons. The van der Waals surface area contributed by atoms with E-state index in [1.807, 2.05) is 0 Å². The van der Waals surface area contributed by atoms with E-state index in [1.165, 1.54) is 0 Å². The van der Waals surface area contributed by atoms with Crippen LogP contribution in [0.25, 0.3) is 0 Å². The molecule has 3 aliphatic rings.